The highest BCUT2D eigenvalue weighted by Gasteiger charge is 2.01. The van der Waals surface area contributed by atoms with E-state index in [1.54, 1.807) is 4.68 Å². The van der Waals surface area contributed by atoms with Crippen LogP contribution >= 0.6 is 0 Å². The van der Waals surface area contributed by atoms with Gasteiger partial charge in [-0.2, -0.15) is 0 Å². The lowest BCUT2D eigenvalue weighted by Gasteiger charge is -2.05. The van der Waals surface area contributed by atoms with E-state index < -0.39 is 0 Å². The van der Waals surface area contributed by atoms with Gasteiger partial charge >= 0.3 is 0 Å². The Kier molecular flexibility index (Phi) is 3.48. The Labute approximate surface area is 94.5 Å². The predicted molar refractivity (Wildman–Crippen MR) is 62.1 cm³/mol. The molecule has 0 atom stereocenters. The van der Waals surface area contributed by atoms with E-state index in [4.69, 9.17) is 0 Å². The number of rotatable bonds is 5. The van der Waals surface area contributed by atoms with Crippen LogP contribution in [0.2, 0.25) is 0 Å². The molecule has 0 saturated carbocycles. The van der Waals surface area contributed by atoms with E-state index in [0.29, 0.717) is 0 Å². The first-order valence-corrected chi connectivity index (χ1v) is 5.44. The summed E-state index contributed by atoms with van der Waals surface area (Å²) in [7, 11) is 0. The van der Waals surface area contributed by atoms with Crippen molar-refractivity contribution in [3.05, 3.63) is 35.9 Å². The first-order valence-electron chi connectivity index (χ1n) is 5.44. The lowest BCUT2D eigenvalue weighted by atomic mass is 10.1. The minimum absolute atomic E-state index is 0.735. The Morgan fingerprint density at radius 2 is 2.06 bits per heavy atom. The van der Waals surface area contributed by atoms with Gasteiger partial charge in [0.15, 0.2) is 0 Å². The molecule has 16 heavy (non-hydrogen) atoms. The first-order chi connectivity index (χ1) is 7.90. The predicted octanol–water partition coefficient (Wildman–Crippen LogP) is 1.35. The third-order valence-corrected chi connectivity index (χ3v) is 2.37. The number of nitrogens with zero attached hydrogens (tertiary/aromatic N) is 4. The molecular formula is C11H15N5. The van der Waals surface area contributed by atoms with Gasteiger partial charge in [-0.15, -0.1) is 0 Å². The maximum absolute atomic E-state index is 3.91. The summed E-state index contributed by atoms with van der Waals surface area (Å²) in [6, 6.07) is 10.3. The maximum atomic E-state index is 3.91. The number of aryl methyl sites for hydroxylation is 1. The number of nitrogens with one attached hydrogen (secondary N) is 1. The van der Waals surface area contributed by atoms with Crippen molar-refractivity contribution in [1.82, 2.24) is 20.2 Å². The molecule has 0 aliphatic heterocycles. The van der Waals surface area contributed by atoms with E-state index in [1.807, 2.05) is 25.1 Å². The minimum atomic E-state index is 0.735. The average Bonchev–Trinajstić information content (AvgIpc) is 2.78. The Hall–Kier alpha value is -1.91. The fraction of sp³-hybridized carbons (Fsp3) is 0.364. The number of hydrogen-bond acceptors (Lipinski definition) is 4. The van der Waals surface area contributed by atoms with Crippen molar-refractivity contribution < 1.29 is 0 Å². The molecule has 2 rings (SSSR count). The summed E-state index contributed by atoms with van der Waals surface area (Å²) in [6.07, 6.45) is 0.970. The minimum Gasteiger partial charge on any atom is -0.353 e. The molecule has 5 nitrogen and oxygen atoms in total. The Balaban J connectivity index is 1.85. The summed E-state index contributed by atoms with van der Waals surface area (Å²) in [5.41, 5.74) is 1.31. The summed E-state index contributed by atoms with van der Waals surface area (Å²) >= 11 is 0. The molecule has 1 N–H and O–H groups in total. The summed E-state index contributed by atoms with van der Waals surface area (Å²) in [4.78, 5) is 0. The molecular weight excluding hydrogens is 202 g/mol. The third-order valence-electron chi connectivity index (χ3n) is 2.37. The summed E-state index contributed by atoms with van der Waals surface area (Å²) < 4.78 is 1.74. The fourth-order valence-corrected chi connectivity index (χ4v) is 1.51. The van der Waals surface area contributed by atoms with Crippen molar-refractivity contribution in [3.63, 3.8) is 0 Å². The molecule has 1 heterocycles. The maximum Gasteiger partial charge on any atom is 0.242 e. The molecule has 2 aromatic rings. The molecule has 5 heteroatoms. The van der Waals surface area contributed by atoms with Crippen LogP contribution in [0.15, 0.2) is 30.3 Å². The van der Waals surface area contributed by atoms with Crippen molar-refractivity contribution >= 4 is 5.95 Å². The van der Waals surface area contributed by atoms with Gasteiger partial charge in [-0.3, -0.25) is 0 Å². The van der Waals surface area contributed by atoms with Crippen LogP contribution in [0.4, 0.5) is 5.95 Å². The van der Waals surface area contributed by atoms with E-state index >= 15 is 0 Å². The van der Waals surface area contributed by atoms with Crippen LogP contribution in [0.3, 0.4) is 0 Å². The van der Waals surface area contributed by atoms with Gasteiger partial charge < -0.3 is 5.32 Å². The SMILES string of the molecule is CCn1nnnc1NCCc1ccccc1. The van der Waals surface area contributed by atoms with Crippen LogP contribution in [0.25, 0.3) is 0 Å². The Morgan fingerprint density at radius 3 is 2.81 bits per heavy atom. The van der Waals surface area contributed by atoms with Crippen LogP contribution in [0, 0.1) is 0 Å². The van der Waals surface area contributed by atoms with Crippen LogP contribution in [-0.2, 0) is 13.0 Å². The zero-order valence-electron chi connectivity index (χ0n) is 9.30. The molecule has 0 aliphatic rings. The molecule has 0 radical (unpaired) electrons. The largest absolute Gasteiger partial charge is 0.353 e. The molecule has 0 fully saturated rings. The summed E-state index contributed by atoms with van der Waals surface area (Å²) in [5, 5.41) is 14.6. The van der Waals surface area contributed by atoms with Gasteiger partial charge in [0.2, 0.25) is 5.95 Å². The molecule has 0 saturated heterocycles. The van der Waals surface area contributed by atoms with Crippen LogP contribution < -0.4 is 5.32 Å². The second-order valence-corrected chi connectivity index (χ2v) is 3.48. The number of aromatic nitrogens is 4. The lowest BCUT2D eigenvalue weighted by molar-refractivity contribution is 0.629. The zero-order chi connectivity index (χ0) is 11.2. The van der Waals surface area contributed by atoms with Gasteiger partial charge in [0.05, 0.1) is 0 Å². The van der Waals surface area contributed by atoms with Gasteiger partial charge in [0.1, 0.15) is 0 Å². The number of benzene rings is 1. The van der Waals surface area contributed by atoms with E-state index in [1.165, 1.54) is 5.56 Å². The summed E-state index contributed by atoms with van der Waals surface area (Å²) in [6.45, 7) is 3.63. The van der Waals surface area contributed by atoms with Gasteiger partial charge in [-0.25, -0.2) is 4.68 Å². The van der Waals surface area contributed by atoms with E-state index in [2.05, 4.69) is 33.0 Å². The zero-order valence-corrected chi connectivity index (χ0v) is 9.30. The Bertz CT molecular complexity index is 423. The van der Waals surface area contributed by atoms with Gasteiger partial charge in [0.25, 0.3) is 0 Å². The topological polar surface area (TPSA) is 55.6 Å². The van der Waals surface area contributed by atoms with Gasteiger partial charge in [0, 0.05) is 13.1 Å². The highest BCUT2D eigenvalue weighted by Crippen LogP contribution is 2.02. The van der Waals surface area contributed by atoms with E-state index in [9.17, 15) is 0 Å². The third kappa shape index (κ3) is 2.56. The van der Waals surface area contributed by atoms with E-state index in [-0.39, 0.29) is 0 Å². The first kappa shape index (κ1) is 10.6. The highest BCUT2D eigenvalue weighted by atomic mass is 15.6. The molecule has 0 bridgehead atoms. The molecule has 84 valence electrons. The second-order valence-electron chi connectivity index (χ2n) is 3.48. The van der Waals surface area contributed by atoms with Crippen LogP contribution in [-0.4, -0.2) is 26.8 Å². The summed E-state index contributed by atoms with van der Waals surface area (Å²) in [5.74, 6) is 0.735. The van der Waals surface area contributed by atoms with Crippen LogP contribution in [0.5, 0.6) is 0 Å². The van der Waals surface area contributed by atoms with Crippen molar-refractivity contribution in [2.45, 2.75) is 19.9 Å². The second kappa shape index (κ2) is 5.25. The van der Waals surface area contributed by atoms with Crippen molar-refractivity contribution in [2.75, 3.05) is 11.9 Å². The van der Waals surface area contributed by atoms with Crippen molar-refractivity contribution in [1.29, 1.82) is 0 Å². The fourth-order valence-electron chi connectivity index (χ4n) is 1.51. The lowest BCUT2D eigenvalue weighted by Crippen LogP contribution is -2.10. The van der Waals surface area contributed by atoms with Crippen molar-refractivity contribution in [2.24, 2.45) is 0 Å². The Morgan fingerprint density at radius 1 is 1.25 bits per heavy atom. The quantitative estimate of drug-likeness (QED) is 0.821. The van der Waals surface area contributed by atoms with Crippen molar-refractivity contribution in [3.8, 4) is 0 Å². The normalized spacial score (nSPS) is 10.3. The highest BCUT2D eigenvalue weighted by molar-refractivity contribution is 5.23. The average molecular weight is 217 g/mol. The number of anilines is 1. The number of hydrogen-bond donors (Lipinski definition) is 1. The molecule has 1 aromatic heterocycles. The van der Waals surface area contributed by atoms with Gasteiger partial charge in [-0.05, 0) is 29.3 Å². The molecule has 0 amide bonds. The standard InChI is InChI=1S/C11H15N5/c1-2-16-11(13-14-15-16)12-9-8-10-6-4-3-5-7-10/h3-7H,2,8-9H2,1H3,(H,12,13,15). The molecule has 1 aromatic carbocycles. The molecule has 0 aliphatic carbocycles. The molecule has 0 unspecified atom stereocenters. The monoisotopic (exact) mass is 217 g/mol. The smallest absolute Gasteiger partial charge is 0.242 e. The molecule has 0 spiro atoms. The van der Waals surface area contributed by atoms with Gasteiger partial charge in [-0.1, -0.05) is 35.4 Å². The van der Waals surface area contributed by atoms with Crippen LogP contribution in [0.1, 0.15) is 12.5 Å². The number of tetrazole rings is 1. The van der Waals surface area contributed by atoms with E-state index in [0.717, 1.165) is 25.5 Å².